The van der Waals surface area contributed by atoms with Gasteiger partial charge in [0.25, 0.3) is 0 Å². The number of aromatic amines is 1. The number of nitrogens with one attached hydrogen (secondary N) is 2. The third kappa shape index (κ3) is 2.03. The van der Waals surface area contributed by atoms with Crippen molar-refractivity contribution in [2.24, 2.45) is 0 Å². The van der Waals surface area contributed by atoms with E-state index in [-0.39, 0.29) is 5.91 Å². The molecular weight excluding hydrogens is 246 g/mol. The van der Waals surface area contributed by atoms with Crippen LogP contribution in [0.5, 0.6) is 0 Å². The summed E-state index contributed by atoms with van der Waals surface area (Å²) in [6, 6.07) is 3.16. The largest absolute Gasteiger partial charge is 0.306 e. The monoisotopic (exact) mass is 257 g/mol. The molecule has 3 rings (SSSR count). The van der Waals surface area contributed by atoms with Gasteiger partial charge in [0.1, 0.15) is 24.2 Å². The Morgan fingerprint density at radius 3 is 3.21 bits per heavy atom. The lowest BCUT2D eigenvalue weighted by atomic mass is 10.3. The van der Waals surface area contributed by atoms with Crippen LogP contribution in [0.1, 0.15) is 13.0 Å². The van der Waals surface area contributed by atoms with Crippen molar-refractivity contribution in [3.8, 4) is 0 Å². The summed E-state index contributed by atoms with van der Waals surface area (Å²) < 4.78 is 1.47. The zero-order valence-corrected chi connectivity index (χ0v) is 10.1. The van der Waals surface area contributed by atoms with Gasteiger partial charge in [-0.3, -0.25) is 14.9 Å². The lowest BCUT2D eigenvalue weighted by molar-refractivity contribution is -0.119. The quantitative estimate of drug-likeness (QED) is 0.721. The summed E-state index contributed by atoms with van der Waals surface area (Å²) in [5.74, 6) is 0.178. The van der Waals surface area contributed by atoms with Crippen molar-refractivity contribution in [1.82, 2.24) is 29.9 Å². The fourth-order valence-corrected chi connectivity index (χ4v) is 1.70. The van der Waals surface area contributed by atoms with Crippen LogP contribution < -0.4 is 5.32 Å². The van der Waals surface area contributed by atoms with E-state index in [1.165, 1.54) is 17.3 Å². The molecule has 0 saturated heterocycles. The van der Waals surface area contributed by atoms with Crippen molar-refractivity contribution in [3.05, 3.63) is 31.0 Å². The highest BCUT2D eigenvalue weighted by atomic mass is 16.2. The third-order valence-electron chi connectivity index (χ3n) is 2.77. The second-order valence-corrected chi connectivity index (χ2v) is 4.01. The maximum absolute atomic E-state index is 12.1. The molecule has 0 radical (unpaired) electrons. The van der Waals surface area contributed by atoms with Crippen LogP contribution in [0.3, 0.4) is 0 Å². The van der Waals surface area contributed by atoms with Gasteiger partial charge in [0, 0.05) is 6.20 Å². The Labute approximate surface area is 107 Å². The smallest absolute Gasteiger partial charge is 0.250 e. The average molecular weight is 257 g/mol. The van der Waals surface area contributed by atoms with Crippen LogP contribution >= 0.6 is 0 Å². The Kier molecular flexibility index (Phi) is 2.67. The van der Waals surface area contributed by atoms with Crippen molar-refractivity contribution >= 4 is 22.8 Å². The molecule has 1 atom stereocenters. The molecule has 19 heavy (non-hydrogen) atoms. The second kappa shape index (κ2) is 4.48. The normalized spacial score (nSPS) is 12.5. The van der Waals surface area contributed by atoms with Crippen LogP contribution in [0.2, 0.25) is 0 Å². The summed E-state index contributed by atoms with van der Waals surface area (Å²) in [4.78, 5) is 20.1. The zero-order valence-electron chi connectivity index (χ0n) is 10.1. The van der Waals surface area contributed by atoms with Crippen LogP contribution in [-0.4, -0.2) is 35.9 Å². The van der Waals surface area contributed by atoms with E-state index in [0.717, 1.165) is 5.52 Å². The molecule has 3 aromatic heterocycles. The van der Waals surface area contributed by atoms with E-state index in [9.17, 15) is 4.79 Å². The molecule has 3 heterocycles. The summed E-state index contributed by atoms with van der Waals surface area (Å²) in [7, 11) is 0. The van der Waals surface area contributed by atoms with Crippen LogP contribution in [0.25, 0.3) is 11.0 Å². The number of anilines is 1. The highest BCUT2D eigenvalue weighted by Gasteiger charge is 2.18. The fourth-order valence-electron chi connectivity index (χ4n) is 1.70. The van der Waals surface area contributed by atoms with E-state index >= 15 is 0 Å². The molecule has 8 heteroatoms. The average Bonchev–Trinajstić information content (AvgIpc) is 3.08. The van der Waals surface area contributed by atoms with Crippen molar-refractivity contribution < 1.29 is 4.79 Å². The number of aromatic nitrogens is 6. The molecule has 0 aliphatic rings. The third-order valence-corrected chi connectivity index (χ3v) is 2.77. The topological polar surface area (TPSA) is 101 Å². The summed E-state index contributed by atoms with van der Waals surface area (Å²) >= 11 is 0. The first-order valence-electron chi connectivity index (χ1n) is 5.70. The molecular formula is C11H11N7O. The van der Waals surface area contributed by atoms with Gasteiger partial charge in [-0.15, -0.1) is 0 Å². The van der Waals surface area contributed by atoms with Crippen LogP contribution in [0.15, 0.2) is 31.0 Å². The number of fused-ring (bicyclic) bond motifs is 1. The molecule has 0 saturated carbocycles. The number of pyridine rings is 1. The number of hydrogen-bond acceptors (Lipinski definition) is 5. The van der Waals surface area contributed by atoms with Gasteiger partial charge in [0.2, 0.25) is 5.91 Å². The molecule has 3 aromatic rings. The number of amides is 1. The fraction of sp³-hybridized carbons (Fsp3) is 0.182. The lowest BCUT2D eigenvalue weighted by Gasteiger charge is -2.10. The van der Waals surface area contributed by atoms with E-state index in [2.05, 4.69) is 30.6 Å². The van der Waals surface area contributed by atoms with Gasteiger partial charge in [-0.1, -0.05) is 0 Å². The van der Waals surface area contributed by atoms with Gasteiger partial charge >= 0.3 is 0 Å². The Morgan fingerprint density at radius 1 is 1.53 bits per heavy atom. The van der Waals surface area contributed by atoms with Crippen molar-refractivity contribution in [2.45, 2.75) is 13.0 Å². The van der Waals surface area contributed by atoms with E-state index in [4.69, 9.17) is 0 Å². The second-order valence-electron chi connectivity index (χ2n) is 4.01. The van der Waals surface area contributed by atoms with Crippen LogP contribution in [0, 0.1) is 0 Å². The lowest BCUT2D eigenvalue weighted by Crippen LogP contribution is -2.24. The van der Waals surface area contributed by atoms with E-state index in [1.54, 1.807) is 19.2 Å². The number of rotatable bonds is 3. The minimum atomic E-state index is -0.474. The first-order chi connectivity index (χ1) is 9.25. The Hall–Kier alpha value is -2.77. The summed E-state index contributed by atoms with van der Waals surface area (Å²) in [5, 5.41) is 13.5. The Bertz CT molecular complexity index is 703. The number of hydrogen-bond donors (Lipinski definition) is 2. The molecule has 0 fully saturated rings. The molecule has 0 aromatic carbocycles. The summed E-state index contributed by atoms with van der Waals surface area (Å²) in [5.41, 5.74) is 1.40. The van der Waals surface area contributed by atoms with Gasteiger partial charge in [-0.05, 0) is 19.1 Å². The summed E-state index contributed by atoms with van der Waals surface area (Å²) in [6.07, 6.45) is 4.52. The standard InChI is InChI=1S/C11H11N7O/c1-7(18-6-12-5-14-18)11(19)15-10-9-8(16-17-10)3-2-4-13-9/h2-7H,1H3,(H2,15,16,17,19). The number of carbonyl (C=O) groups is 1. The first-order valence-corrected chi connectivity index (χ1v) is 5.70. The Balaban J connectivity index is 1.83. The minimum absolute atomic E-state index is 0.232. The molecule has 0 bridgehead atoms. The van der Waals surface area contributed by atoms with Crippen LogP contribution in [-0.2, 0) is 4.79 Å². The van der Waals surface area contributed by atoms with Gasteiger partial charge in [-0.25, -0.2) is 9.67 Å². The molecule has 0 aliphatic heterocycles. The summed E-state index contributed by atoms with van der Waals surface area (Å²) in [6.45, 7) is 1.73. The Morgan fingerprint density at radius 2 is 2.42 bits per heavy atom. The van der Waals surface area contributed by atoms with Gasteiger partial charge in [0.15, 0.2) is 5.82 Å². The van der Waals surface area contributed by atoms with Gasteiger partial charge in [0.05, 0.1) is 5.52 Å². The zero-order chi connectivity index (χ0) is 13.2. The maximum Gasteiger partial charge on any atom is 0.250 e. The first kappa shape index (κ1) is 11.3. The predicted octanol–water partition coefficient (Wildman–Crippen LogP) is 0.749. The number of H-pyrrole nitrogens is 1. The van der Waals surface area contributed by atoms with Crippen LogP contribution in [0.4, 0.5) is 5.82 Å². The maximum atomic E-state index is 12.1. The van der Waals surface area contributed by atoms with E-state index in [1.807, 2.05) is 6.07 Å². The van der Waals surface area contributed by atoms with Crippen molar-refractivity contribution in [1.29, 1.82) is 0 Å². The highest BCUT2D eigenvalue weighted by Crippen LogP contribution is 2.18. The molecule has 2 N–H and O–H groups in total. The number of nitrogens with zero attached hydrogens (tertiary/aromatic N) is 5. The molecule has 8 nitrogen and oxygen atoms in total. The predicted molar refractivity (Wildman–Crippen MR) is 67.3 cm³/mol. The molecule has 0 spiro atoms. The molecule has 96 valence electrons. The molecule has 1 amide bonds. The van der Waals surface area contributed by atoms with E-state index in [0.29, 0.717) is 11.3 Å². The van der Waals surface area contributed by atoms with Crippen molar-refractivity contribution in [2.75, 3.05) is 5.32 Å². The number of carbonyl (C=O) groups excluding carboxylic acids is 1. The highest BCUT2D eigenvalue weighted by molar-refractivity contribution is 5.99. The van der Waals surface area contributed by atoms with E-state index < -0.39 is 6.04 Å². The van der Waals surface area contributed by atoms with Gasteiger partial charge in [-0.2, -0.15) is 10.2 Å². The van der Waals surface area contributed by atoms with Crippen molar-refractivity contribution in [3.63, 3.8) is 0 Å². The molecule has 1 unspecified atom stereocenters. The molecule has 0 aliphatic carbocycles. The van der Waals surface area contributed by atoms with Gasteiger partial charge < -0.3 is 5.32 Å². The SMILES string of the molecule is CC(C(=O)Nc1n[nH]c2cccnc12)n1cncn1. The minimum Gasteiger partial charge on any atom is -0.306 e.